The number of rotatable bonds is 7. The van der Waals surface area contributed by atoms with Crippen molar-refractivity contribution in [2.45, 2.75) is 42.8 Å². The maximum atomic E-state index is 12.5. The Hall–Kier alpha value is -2.05. The van der Waals surface area contributed by atoms with Gasteiger partial charge in [-0.2, -0.15) is 0 Å². The largest absolute Gasteiger partial charge is 0.350 e. The van der Waals surface area contributed by atoms with Crippen LogP contribution in [-0.2, 0) is 11.3 Å². The van der Waals surface area contributed by atoms with Crippen LogP contribution in [0.25, 0.3) is 11.3 Å². The van der Waals surface area contributed by atoms with Crippen molar-refractivity contribution in [1.82, 2.24) is 14.9 Å². The Labute approximate surface area is 161 Å². The Morgan fingerprint density at radius 1 is 1.31 bits per heavy atom. The van der Waals surface area contributed by atoms with E-state index >= 15 is 0 Å². The zero-order valence-electron chi connectivity index (χ0n) is 14.6. The van der Waals surface area contributed by atoms with Crippen molar-refractivity contribution in [2.75, 3.05) is 0 Å². The van der Waals surface area contributed by atoms with Gasteiger partial charge >= 0.3 is 0 Å². The Morgan fingerprint density at radius 3 is 2.81 bits per heavy atom. The van der Waals surface area contributed by atoms with Gasteiger partial charge in [0.1, 0.15) is 0 Å². The van der Waals surface area contributed by atoms with Crippen LogP contribution in [0, 0.1) is 0 Å². The summed E-state index contributed by atoms with van der Waals surface area (Å²) >= 11 is 3.20. The minimum absolute atomic E-state index is 0.0509. The molecule has 1 saturated carbocycles. The van der Waals surface area contributed by atoms with Gasteiger partial charge in [-0.3, -0.25) is 4.79 Å². The van der Waals surface area contributed by atoms with Crippen LogP contribution in [0.4, 0.5) is 0 Å². The van der Waals surface area contributed by atoms with Crippen LogP contribution in [0.15, 0.2) is 59.2 Å². The molecule has 2 heterocycles. The smallest absolute Gasteiger partial charge is 0.233 e. The van der Waals surface area contributed by atoms with E-state index in [0.29, 0.717) is 12.6 Å². The van der Waals surface area contributed by atoms with Gasteiger partial charge in [0.25, 0.3) is 0 Å². The van der Waals surface area contributed by atoms with Gasteiger partial charge in [0.15, 0.2) is 5.16 Å². The van der Waals surface area contributed by atoms with Gasteiger partial charge in [0.2, 0.25) is 5.91 Å². The Kier molecular flexibility index (Phi) is 5.13. The third-order valence-corrected chi connectivity index (χ3v) is 6.37. The summed E-state index contributed by atoms with van der Waals surface area (Å²) in [6, 6.07) is 14.9. The number of amides is 1. The minimum atomic E-state index is -0.182. The standard InChI is InChI=1S/C20H21N3OS2/c1-14(19(24)21-12-17-8-5-11-25-17)26-20-22-13-18(23(20)16-9-10-16)15-6-3-2-4-7-15/h2-8,11,13-14,16H,9-10,12H2,1H3,(H,21,24). The Bertz CT molecular complexity index is 870. The number of hydrogen-bond acceptors (Lipinski definition) is 4. The SMILES string of the molecule is CC(Sc1ncc(-c2ccccc2)n1C1CC1)C(=O)NCc1cccs1. The molecular formula is C20H21N3OS2. The summed E-state index contributed by atoms with van der Waals surface area (Å²) in [5.41, 5.74) is 2.32. The fourth-order valence-corrected chi connectivity index (χ4v) is 4.51. The highest BCUT2D eigenvalue weighted by atomic mass is 32.2. The molecule has 1 unspecified atom stereocenters. The van der Waals surface area contributed by atoms with E-state index in [9.17, 15) is 4.79 Å². The molecule has 0 aliphatic heterocycles. The van der Waals surface area contributed by atoms with Gasteiger partial charge in [-0.05, 0) is 36.8 Å². The summed E-state index contributed by atoms with van der Waals surface area (Å²) in [5.74, 6) is 0.0509. The highest BCUT2D eigenvalue weighted by Gasteiger charge is 2.30. The van der Waals surface area contributed by atoms with E-state index in [-0.39, 0.29) is 11.2 Å². The van der Waals surface area contributed by atoms with Gasteiger partial charge in [0.05, 0.1) is 23.7 Å². The molecule has 6 heteroatoms. The van der Waals surface area contributed by atoms with E-state index in [2.05, 4.69) is 27.0 Å². The van der Waals surface area contributed by atoms with Crippen LogP contribution in [0.3, 0.4) is 0 Å². The van der Waals surface area contributed by atoms with Crippen LogP contribution in [-0.4, -0.2) is 20.7 Å². The molecule has 1 N–H and O–H groups in total. The lowest BCUT2D eigenvalue weighted by Crippen LogP contribution is -2.30. The molecular weight excluding hydrogens is 362 g/mol. The molecule has 1 aliphatic rings. The predicted octanol–water partition coefficient (Wildman–Crippen LogP) is 4.74. The summed E-state index contributed by atoms with van der Waals surface area (Å²) in [5, 5.41) is 5.80. The van der Waals surface area contributed by atoms with E-state index in [1.807, 2.05) is 48.8 Å². The van der Waals surface area contributed by atoms with Crippen LogP contribution in [0.1, 0.15) is 30.7 Å². The second-order valence-corrected chi connectivity index (χ2v) is 8.79. The van der Waals surface area contributed by atoms with Crippen LogP contribution in [0.2, 0.25) is 0 Å². The fourth-order valence-electron chi connectivity index (χ4n) is 2.88. The molecule has 0 radical (unpaired) electrons. The lowest BCUT2D eigenvalue weighted by molar-refractivity contribution is -0.120. The molecule has 4 rings (SSSR count). The van der Waals surface area contributed by atoms with E-state index in [1.165, 1.54) is 23.3 Å². The normalized spacial score (nSPS) is 15.0. The molecule has 2 aromatic heterocycles. The average Bonchev–Trinajstić information content (AvgIpc) is 3.20. The van der Waals surface area contributed by atoms with E-state index < -0.39 is 0 Å². The summed E-state index contributed by atoms with van der Waals surface area (Å²) < 4.78 is 2.31. The van der Waals surface area contributed by atoms with Gasteiger partial charge in [-0.15, -0.1) is 11.3 Å². The zero-order chi connectivity index (χ0) is 17.9. The van der Waals surface area contributed by atoms with Gasteiger partial charge in [0, 0.05) is 10.9 Å². The molecule has 4 nitrogen and oxygen atoms in total. The molecule has 1 aliphatic carbocycles. The average molecular weight is 384 g/mol. The van der Waals surface area contributed by atoms with Crippen molar-refractivity contribution in [3.63, 3.8) is 0 Å². The van der Waals surface area contributed by atoms with Crippen LogP contribution < -0.4 is 5.32 Å². The number of aromatic nitrogens is 2. The molecule has 1 fully saturated rings. The van der Waals surface area contributed by atoms with Crippen molar-refractivity contribution >= 4 is 29.0 Å². The second kappa shape index (κ2) is 7.68. The van der Waals surface area contributed by atoms with E-state index in [1.54, 1.807) is 23.1 Å². The van der Waals surface area contributed by atoms with Crippen molar-refractivity contribution in [1.29, 1.82) is 0 Å². The maximum Gasteiger partial charge on any atom is 0.233 e. The van der Waals surface area contributed by atoms with Crippen molar-refractivity contribution in [2.24, 2.45) is 0 Å². The number of nitrogens with one attached hydrogen (secondary N) is 1. The number of imidazole rings is 1. The van der Waals surface area contributed by atoms with E-state index in [0.717, 1.165) is 10.9 Å². The lowest BCUT2D eigenvalue weighted by atomic mass is 10.2. The highest BCUT2D eigenvalue weighted by Crippen LogP contribution is 2.42. The first-order chi connectivity index (χ1) is 12.7. The monoisotopic (exact) mass is 383 g/mol. The molecule has 1 amide bonds. The molecule has 0 spiro atoms. The summed E-state index contributed by atoms with van der Waals surface area (Å²) in [6.07, 6.45) is 4.30. The lowest BCUT2D eigenvalue weighted by Gasteiger charge is -2.14. The number of nitrogens with zero attached hydrogens (tertiary/aromatic N) is 2. The molecule has 3 aromatic rings. The topological polar surface area (TPSA) is 46.9 Å². The quantitative estimate of drug-likeness (QED) is 0.599. The molecule has 0 saturated heterocycles. The third-order valence-electron chi connectivity index (χ3n) is 4.41. The number of hydrogen-bond donors (Lipinski definition) is 1. The van der Waals surface area contributed by atoms with E-state index in [4.69, 9.17) is 0 Å². The predicted molar refractivity (Wildman–Crippen MR) is 107 cm³/mol. The van der Waals surface area contributed by atoms with Crippen molar-refractivity contribution in [3.8, 4) is 11.3 Å². The second-order valence-electron chi connectivity index (χ2n) is 6.45. The molecule has 26 heavy (non-hydrogen) atoms. The fraction of sp³-hybridized carbons (Fsp3) is 0.300. The molecule has 0 bridgehead atoms. The summed E-state index contributed by atoms with van der Waals surface area (Å²) in [4.78, 5) is 18.3. The van der Waals surface area contributed by atoms with Crippen molar-refractivity contribution < 1.29 is 4.79 Å². The minimum Gasteiger partial charge on any atom is -0.350 e. The van der Waals surface area contributed by atoms with Crippen molar-refractivity contribution in [3.05, 3.63) is 58.9 Å². The third kappa shape index (κ3) is 3.86. The number of carbonyl (C=O) groups is 1. The first kappa shape index (κ1) is 17.4. The maximum absolute atomic E-state index is 12.5. The van der Waals surface area contributed by atoms with Gasteiger partial charge in [-0.1, -0.05) is 48.2 Å². The van der Waals surface area contributed by atoms with Crippen LogP contribution in [0.5, 0.6) is 0 Å². The number of benzene rings is 1. The zero-order valence-corrected chi connectivity index (χ0v) is 16.2. The number of carbonyl (C=O) groups excluding carboxylic acids is 1. The Morgan fingerprint density at radius 2 is 2.12 bits per heavy atom. The van der Waals surface area contributed by atoms with Gasteiger partial charge in [-0.25, -0.2) is 4.98 Å². The summed E-state index contributed by atoms with van der Waals surface area (Å²) in [7, 11) is 0. The van der Waals surface area contributed by atoms with Crippen LogP contribution >= 0.6 is 23.1 Å². The molecule has 1 atom stereocenters. The van der Waals surface area contributed by atoms with Gasteiger partial charge < -0.3 is 9.88 Å². The number of thiophene rings is 1. The highest BCUT2D eigenvalue weighted by molar-refractivity contribution is 8.00. The summed E-state index contributed by atoms with van der Waals surface area (Å²) in [6.45, 7) is 2.54. The Balaban J connectivity index is 1.47. The first-order valence-electron chi connectivity index (χ1n) is 8.82. The molecule has 1 aromatic carbocycles. The first-order valence-corrected chi connectivity index (χ1v) is 10.6. The molecule has 134 valence electrons. The number of thioether (sulfide) groups is 1.